The van der Waals surface area contributed by atoms with Crippen molar-refractivity contribution in [2.24, 2.45) is 0 Å². The fraction of sp³-hybridized carbons (Fsp3) is 0.381. The molecular weight excluding hydrogens is 331 g/mol. The largest absolute Gasteiger partial charge is 0.345 e. The summed E-state index contributed by atoms with van der Waals surface area (Å²) in [5.41, 5.74) is 2.18. The summed E-state index contributed by atoms with van der Waals surface area (Å²) in [5, 5.41) is 0.149. The van der Waals surface area contributed by atoms with E-state index in [2.05, 4.69) is 37.3 Å². The van der Waals surface area contributed by atoms with Crippen molar-refractivity contribution in [3.8, 4) is 12.3 Å². The Morgan fingerprint density at radius 1 is 1.24 bits per heavy atom. The van der Waals surface area contributed by atoms with Gasteiger partial charge in [-0.15, -0.1) is 6.42 Å². The Balaban J connectivity index is 2.12. The first-order chi connectivity index (χ1) is 12.1. The molecule has 0 saturated carbocycles. The lowest BCUT2D eigenvalue weighted by molar-refractivity contribution is 0.607. The molecule has 0 amide bonds. The molecule has 1 aromatic heterocycles. The highest BCUT2D eigenvalue weighted by Gasteiger charge is 2.14. The highest BCUT2D eigenvalue weighted by Crippen LogP contribution is 2.20. The predicted octanol–water partition coefficient (Wildman–Crippen LogP) is 4.87. The molecular formula is C21H25FN2S. The molecule has 2 aromatic rings. The van der Waals surface area contributed by atoms with Crippen LogP contribution >= 0.6 is 12.6 Å². The molecule has 2 nitrogen and oxygen atoms in total. The van der Waals surface area contributed by atoms with Gasteiger partial charge in [-0.3, -0.25) is 0 Å². The van der Waals surface area contributed by atoms with Gasteiger partial charge in [0.2, 0.25) is 0 Å². The molecule has 0 unspecified atom stereocenters. The minimum absolute atomic E-state index is 0.149. The molecule has 2 rings (SSSR count). The van der Waals surface area contributed by atoms with Gasteiger partial charge in [0.05, 0.1) is 5.37 Å². The molecule has 0 fully saturated rings. The van der Waals surface area contributed by atoms with Crippen molar-refractivity contribution in [3.63, 3.8) is 0 Å². The summed E-state index contributed by atoms with van der Waals surface area (Å²) < 4.78 is 14.1. The third-order valence-electron chi connectivity index (χ3n) is 4.15. The van der Waals surface area contributed by atoms with Crippen molar-refractivity contribution >= 4 is 18.4 Å². The third kappa shape index (κ3) is 5.24. The molecule has 0 bridgehead atoms. The number of aromatic nitrogens is 1. The van der Waals surface area contributed by atoms with Gasteiger partial charge in [0.15, 0.2) is 0 Å². The molecule has 0 aliphatic carbocycles. The van der Waals surface area contributed by atoms with Gasteiger partial charge in [0, 0.05) is 17.8 Å². The van der Waals surface area contributed by atoms with Crippen LogP contribution in [0.3, 0.4) is 0 Å². The second-order valence-electron chi connectivity index (χ2n) is 6.02. The summed E-state index contributed by atoms with van der Waals surface area (Å²) in [6.07, 6.45) is 8.57. The molecule has 25 heavy (non-hydrogen) atoms. The number of rotatable bonds is 8. The van der Waals surface area contributed by atoms with E-state index in [1.165, 1.54) is 6.07 Å². The Bertz CT molecular complexity index is 739. The van der Waals surface area contributed by atoms with E-state index < -0.39 is 0 Å². The number of aryl methyl sites for hydroxylation is 2. The van der Waals surface area contributed by atoms with E-state index >= 15 is 0 Å². The van der Waals surface area contributed by atoms with Crippen molar-refractivity contribution in [1.82, 2.24) is 4.98 Å². The molecule has 1 aromatic carbocycles. The molecule has 0 N–H and O–H groups in total. The number of benzene rings is 1. The van der Waals surface area contributed by atoms with E-state index in [1.54, 1.807) is 12.1 Å². The molecule has 0 saturated heterocycles. The Kier molecular flexibility index (Phi) is 7.33. The van der Waals surface area contributed by atoms with Gasteiger partial charge in [-0.25, -0.2) is 9.37 Å². The van der Waals surface area contributed by atoms with E-state index in [0.717, 1.165) is 30.9 Å². The maximum atomic E-state index is 14.1. The number of hydrogen-bond acceptors (Lipinski definition) is 3. The number of hydrogen-bond donors (Lipinski definition) is 1. The van der Waals surface area contributed by atoms with Crippen LogP contribution in [-0.4, -0.2) is 16.9 Å². The van der Waals surface area contributed by atoms with Gasteiger partial charge in [0.1, 0.15) is 11.6 Å². The quantitative estimate of drug-likeness (QED) is 0.413. The molecule has 1 atom stereocenters. The minimum atomic E-state index is -0.249. The lowest BCUT2D eigenvalue weighted by Crippen LogP contribution is -2.32. The van der Waals surface area contributed by atoms with Crippen LogP contribution < -0.4 is 4.90 Å². The second kappa shape index (κ2) is 9.48. The first-order valence-electron chi connectivity index (χ1n) is 8.74. The van der Waals surface area contributed by atoms with Crippen LogP contribution in [-0.2, 0) is 12.8 Å². The Morgan fingerprint density at radius 3 is 2.68 bits per heavy atom. The SMILES string of the molecule is C#Cc1ccc(CCc2cccc(N(CCC)[C@H](S)CC)n2)c(F)c1. The fourth-order valence-corrected chi connectivity index (χ4v) is 2.98. The van der Waals surface area contributed by atoms with Gasteiger partial charge in [-0.2, -0.15) is 12.6 Å². The van der Waals surface area contributed by atoms with Gasteiger partial charge < -0.3 is 4.90 Å². The van der Waals surface area contributed by atoms with E-state index in [0.29, 0.717) is 24.0 Å². The van der Waals surface area contributed by atoms with Crippen molar-refractivity contribution in [3.05, 3.63) is 59.0 Å². The number of terminal acetylenes is 1. The van der Waals surface area contributed by atoms with Crippen LogP contribution in [0.5, 0.6) is 0 Å². The summed E-state index contributed by atoms with van der Waals surface area (Å²) in [6, 6.07) is 11.0. The first kappa shape index (κ1) is 19.3. The maximum absolute atomic E-state index is 14.1. The summed E-state index contributed by atoms with van der Waals surface area (Å²) in [5.74, 6) is 3.14. The molecule has 0 radical (unpaired) electrons. The Morgan fingerprint density at radius 2 is 2.04 bits per heavy atom. The molecule has 0 aliphatic rings. The van der Waals surface area contributed by atoms with E-state index in [9.17, 15) is 4.39 Å². The highest BCUT2D eigenvalue weighted by atomic mass is 32.1. The standard InChI is InChI=1S/C21H25FN2S/c1-4-14-24(21(25)6-3)20-9-7-8-18(23-20)13-12-17-11-10-16(5-2)15-19(17)22/h2,7-11,15,21,25H,4,6,12-14H2,1,3H3/t21-/m1/s1. The van der Waals surface area contributed by atoms with Crippen LogP contribution in [0.1, 0.15) is 43.5 Å². The number of nitrogens with zero attached hydrogens (tertiary/aromatic N) is 2. The van der Waals surface area contributed by atoms with Crippen molar-refractivity contribution in [2.45, 2.75) is 44.9 Å². The van der Waals surface area contributed by atoms with E-state index in [4.69, 9.17) is 11.4 Å². The molecule has 132 valence electrons. The van der Waals surface area contributed by atoms with Crippen LogP contribution in [0, 0.1) is 18.2 Å². The van der Waals surface area contributed by atoms with Gasteiger partial charge in [-0.1, -0.05) is 31.9 Å². The summed E-state index contributed by atoms with van der Waals surface area (Å²) >= 11 is 4.67. The Labute approximate surface area is 155 Å². The molecule has 4 heteroatoms. The van der Waals surface area contributed by atoms with Crippen LogP contribution in [0.4, 0.5) is 10.2 Å². The highest BCUT2D eigenvalue weighted by molar-refractivity contribution is 7.81. The third-order valence-corrected chi connectivity index (χ3v) is 4.79. The zero-order valence-electron chi connectivity index (χ0n) is 14.9. The fourth-order valence-electron chi connectivity index (χ4n) is 2.75. The molecule has 0 aliphatic heterocycles. The normalized spacial score (nSPS) is 11.8. The van der Waals surface area contributed by atoms with E-state index in [1.807, 2.05) is 18.2 Å². The lowest BCUT2D eigenvalue weighted by Gasteiger charge is -2.28. The average Bonchev–Trinajstić information content (AvgIpc) is 2.64. The topological polar surface area (TPSA) is 16.1 Å². The van der Waals surface area contributed by atoms with Gasteiger partial charge in [-0.05, 0) is 55.5 Å². The van der Waals surface area contributed by atoms with Crippen molar-refractivity contribution < 1.29 is 4.39 Å². The lowest BCUT2D eigenvalue weighted by atomic mass is 10.1. The second-order valence-corrected chi connectivity index (χ2v) is 6.62. The van der Waals surface area contributed by atoms with Gasteiger partial charge >= 0.3 is 0 Å². The summed E-state index contributed by atoms with van der Waals surface area (Å²) in [6.45, 7) is 5.18. The number of anilines is 1. The smallest absolute Gasteiger partial charge is 0.129 e. The molecule has 1 heterocycles. The zero-order chi connectivity index (χ0) is 18.2. The maximum Gasteiger partial charge on any atom is 0.129 e. The molecule has 0 spiro atoms. The van der Waals surface area contributed by atoms with Crippen LogP contribution in [0.25, 0.3) is 0 Å². The van der Waals surface area contributed by atoms with Crippen molar-refractivity contribution in [2.75, 3.05) is 11.4 Å². The first-order valence-corrected chi connectivity index (χ1v) is 9.26. The number of thiol groups is 1. The van der Waals surface area contributed by atoms with Crippen molar-refractivity contribution in [1.29, 1.82) is 0 Å². The zero-order valence-corrected chi connectivity index (χ0v) is 15.8. The summed E-state index contributed by atoms with van der Waals surface area (Å²) in [7, 11) is 0. The average molecular weight is 357 g/mol. The van der Waals surface area contributed by atoms with Crippen LogP contribution in [0.2, 0.25) is 0 Å². The predicted molar refractivity (Wildman–Crippen MR) is 107 cm³/mol. The Hall–Kier alpha value is -1.99. The minimum Gasteiger partial charge on any atom is -0.345 e. The number of halogens is 1. The summed E-state index contributed by atoms with van der Waals surface area (Å²) in [4.78, 5) is 6.98. The monoisotopic (exact) mass is 356 g/mol. The number of pyridine rings is 1. The van der Waals surface area contributed by atoms with E-state index in [-0.39, 0.29) is 11.2 Å². The van der Waals surface area contributed by atoms with Crippen LogP contribution in [0.15, 0.2) is 36.4 Å². The van der Waals surface area contributed by atoms with Gasteiger partial charge in [0.25, 0.3) is 0 Å².